The van der Waals surface area contributed by atoms with E-state index < -0.39 is 5.41 Å². The molecule has 0 saturated heterocycles. The zero-order valence-electron chi connectivity index (χ0n) is 17.6. The molecule has 3 heterocycles. The van der Waals surface area contributed by atoms with Crippen LogP contribution in [0.25, 0.3) is 4.96 Å². The first-order valence-corrected chi connectivity index (χ1v) is 11.6. The quantitative estimate of drug-likeness (QED) is 0.601. The van der Waals surface area contributed by atoms with Crippen molar-refractivity contribution in [1.29, 1.82) is 0 Å². The zero-order valence-corrected chi connectivity index (χ0v) is 19.2. The maximum atomic E-state index is 13.1. The van der Waals surface area contributed by atoms with Gasteiger partial charge < -0.3 is 10.2 Å². The maximum Gasteiger partial charge on any atom is 0.297 e. The van der Waals surface area contributed by atoms with Crippen LogP contribution in [-0.4, -0.2) is 43.4 Å². The minimum absolute atomic E-state index is 0.112. The Morgan fingerprint density at radius 3 is 2.74 bits per heavy atom. The molecule has 9 nitrogen and oxygen atoms in total. The van der Waals surface area contributed by atoms with Gasteiger partial charge in [0, 0.05) is 17.9 Å². The molecule has 4 rings (SSSR count). The Kier molecular flexibility index (Phi) is 5.56. The van der Waals surface area contributed by atoms with E-state index in [9.17, 15) is 14.4 Å². The minimum Gasteiger partial charge on any atom is -0.324 e. The highest BCUT2D eigenvalue weighted by molar-refractivity contribution is 8.01. The average molecular weight is 459 g/mol. The van der Waals surface area contributed by atoms with Crippen molar-refractivity contribution >= 4 is 51.2 Å². The van der Waals surface area contributed by atoms with E-state index in [2.05, 4.69) is 20.6 Å². The largest absolute Gasteiger partial charge is 0.324 e. The number of carbonyl (C=O) groups is 2. The first kappa shape index (κ1) is 21.4. The lowest BCUT2D eigenvalue weighted by molar-refractivity contribution is -0.117. The lowest BCUT2D eigenvalue weighted by atomic mass is 9.93. The number of nitrogens with one attached hydrogen (secondary N) is 1. The van der Waals surface area contributed by atoms with E-state index in [4.69, 9.17) is 0 Å². The summed E-state index contributed by atoms with van der Waals surface area (Å²) in [5.74, 6) is -0.155. The van der Waals surface area contributed by atoms with E-state index in [-0.39, 0.29) is 35.6 Å². The number of benzene rings is 1. The molecule has 1 atom stereocenters. The fourth-order valence-electron chi connectivity index (χ4n) is 3.39. The van der Waals surface area contributed by atoms with E-state index in [1.54, 1.807) is 11.0 Å². The molecule has 31 heavy (non-hydrogen) atoms. The van der Waals surface area contributed by atoms with Gasteiger partial charge in [0.25, 0.3) is 5.56 Å². The molecule has 1 aliphatic heterocycles. The Hall–Kier alpha value is -2.79. The van der Waals surface area contributed by atoms with Crippen LogP contribution in [-0.2, 0) is 15.0 Å². The lowest BCUT2D eigenvalue weighted by Gasteiger charge is -2.27. The molecule has 0 bridgehead atoms. The van der Waals surface area contributed by atoms with Crippen LogP contribution in [0, 0.1) is 0 Å². The Morgan fingerprint density at radius 1 is 1.26 bits per heavy atom. The summed E-state index contributed by atoms with van der Waals surface area (Å²) in [5.41, 5.74) is 0.890. The molecule has 11 heteroatoms. The van der Waals surface area contributed by atoms with Crippen LogP contribution in [0.15, 0.2) is 33.4 Å². The van der Waals surface area contributed by atoms with E-state index in [0.717, 1.165) is 0 Å². The number of hydrogen-bond donors (Lipinski definition) is 1. The molecule has 0 saturated carbocycles. The summed E-state index contributed by atoms with van der Waals surface area (Å²) in [6.07, 6.45) is 0.215. The van der Waals surface area contributed by atoms with E-state index in [1.165, 1.54) is 27.6 Å². The van der Waals surface area contributed by atoms with Gasteiger partial charge in [0.1, 0.15) is 5.69 Å². The third kappa shape index (κ3) is 4.19. The van der Waals surface area contributed by atoms with Gasteiger partial charge in [-0.2, -0.15) is 4.52 Å². The number of fused-ring (bicyclic) bond motifs is 2. The third-order valence-corrected chi connectivity index (χ3v) is 6.85. The van der Waals surface area contributed by atoms with Crippen LogP contribution in [0.5, 0.6) is 0 Å². The van der Waals surface area contributed by atoms with Crippen molar-refractivity contribution in [3.05, 3.63) is 40.3 Å². The highest BCUT2D eigenvalue weighted by Gasteiger charge is 2.30. The normalized spacial score (nSPS) is 16.7. The van der Waals surface area contributed by atoms with Gasteiger partial charge in [0.15, 0.2) is 4.34 Å². The number of nitrogens with zero attached hydrogens (tertiary/aromatic N) is 5. The Labute approximate surface area is 186 Å². The summed E-state index contributed by atoms with van der Waals surface area (Å²) in [5, 5.41) is 15.4. The van der Waals surface area contributed by atoms with Gasteiger partial charge in [-0.1, -0.05) is 56.0 Å². The van der Waals surface area contributed by atoms with E-state index >= 15 is 0 Å². The lowest BCUT2D eigenvalue weighted by Crippen LogP contribution is -2.40. The Bertz CT molecular complexity index is 1230. The number of thioether (sulfide) groups is 1. The fraction of sp³-hybridized carbons (Fsp3) is 0.400. The second kappa shape index (κ2) is 8.04. The van der Waals surface area contributed by atoms with Crippen LogP contribution in [0.2, 0.25) is 0 Å². The summed E-state index contributed by atoms with van der Waals surface area (Å²) >= 11 is 2.45. The van der Waals surface area contributed by atoms with Crippen LogP contribution < -0.4 is 15.8 Å². The number of anilines is 2. The van der Waals surface area contributed by atoms with Crippen molar-refractivity contribution in [2.24, 2.45) is 0 Å². The molecule has 0 unspecified atom stereocenters. The van der Waals surface area contributed by atoms with Gasteiger partial charge in [-0.25, -0.2) is 0 Å². The minimum atomic E-state index is -0.445. The molecule has 0 spiro atoms. The van der Waals surface area contributed by atoms with Crippen molar-refractivity contribution in [2.75, 3.05) is 16.0 Å². The highest BCUT2D eigenvalue weighted by Crippen LogP contribution is 2.32. The first-order chi connectivity index (χ1) is 14.6. The molecule has 0 radical (unpaired) electrons. The van der Waals surface area contributed by atoms with Crippen LogP contribution in [0.4, 0.5) is 11.4 Å². The monoisotopic (exact) mass is 458 g/mol. The number of aromatic nitrogens is 4. The third-order valence-electron chi connectivity index (χ3n) is 4.83. The second-order valence-corrected chi connectivity index (χ2v) is 10.5. The van der Waals surface area contributed by atoms with E-state index in [0.29, 0.717) is 26.4 Å². The Balaban J connectivity index is 1.57. The van der Waals surface area contributed by atoms with Gasteiger partial charge in [-0.05, 0) is 19.1 Å². The second-order valence-electron chi connectivity index (χ2n) is 8.34. The van der Waals surface area contributed by atoms with Gasteiger partial charge in [0.2, 0.25) is 16.8 Å². The number of rotatable bonds is 3. The molecule has 3 aromatic rings. The van der Waals surface area contributed by atoms with Gasteiger partial charge in [-0.3, -0.25) is 14.4 Å². The maximum absolute atomic E-state index is 13.1. The van der Waals surface area contributed by atoms with Crippen molar-refractivity contribution in [3.8, 4) is 0 Å². The van der Waals surface area contributed by atoms with Crippen molar-refractivity contribution in [2.45, 2.75) is 49.9 Å². The van der Waals surface area contributed by atoms with Crippen LogP contribution in [0.1, 0.15) is 39.8 Å². The number of hydrogen-bond acceptors (Lipinski definition) is 8. The molecule has 162 valence electrons. The molecule has 2 aromatic heterocycles. The molecular weight excluding hydrogens is 436 g/mol. The molecule has 1 aromatic carbocycles. The standard InChI is InChI=1S/C20H22N6O3S2/c1-11-9-14(27)21-12-7-5-6-8-13(12)25(11)15(28)10-30-19-24-26-17(29)16(20(2,3)4)22-23-18(26)31-19/h5-8,11H,9-10H2,1-4H3,(H,21,27)/t11-/m0/s1. The summed E-state index contributed by atoms with van der Waals surface area (Å²) in [7, 11) is 0. The topological polar surface area (TPSA) is 110 Å². The predicted molar refractivity (Wildman–Crippen MR) is 121 cm³/mol. The number of carbonyl (C=O) groups excluding carboxylic acids is 2. The van der Waals surface area contributed by atoms with Crippen molar-refractivity contribution in [1.82, 2.24) is 19.8 Å². The van der Waals surface area contributed by atoms with Gasteiger partial charge >= 0.3 is 0 Å². The number of amides is 2. The zero-order chi connectivity index (χ0) is 22.3. The smallest absolute Gasteiger partial charge is 0.297 e. The van der Waals surface area contributed by atoms with E-state index in [1.807, 2.05) is 45.9 Å². The molecule has 0 aliphatic carbocycles. The van der Waals surface area contributed by atoms with Crippen molar-refractivity contribution < 1.29 is 9.59 Å². The summed E-state index contributed by atoms with van der Waals surface area (Å²) in [6, 6.07) is 6.97. The van der Waals surface area contributed by atoms with Crippen molar-refractivity contribution in [3.63, 3.8) is 0 Å². The molecular formula is C20H22N6O3S2. The SMILES string of the molecule is C[C@H]1CC(=O)Nc2ccccc2N1C(=O)CSc1nn2c(=O)c(C(C)(C)C)nnc2s1. The van der Waals surface area contributed by atoms with Crippen LogP contribution in [0.3, 0.4) is 0 Å². The summed E-state index contributed by atoms with van der Waals surface area (Å²) in [6.45, 7) is 7.53. The van der Waals surface area contributed by atoms with Gasteiger partial charge in [-0.15, -0.1) is 15.3 Å². The predicted octanol–water partition coefficient (Wildman–Crippen LogP) is 2.70. The summed E-state index contributed by atoms with van der Waals surface area (Å²) < 4.78 is 1.80. The fourth-order valence-corrected chi connectivity index (χ4v) is 5.12. The Morgan fingerprint density at radius 2 is 2.00 bits per heavy atom. The number of para-hydroxylation sites is 2. The first-order valence-electron chi connectivity index (χ1n) is 9.76. The summed E-state index contributed by atoms with van der Waals surface area (Å²) in [4.78, 5) is 40.0. The average Bonchev–Trinajstić information content (AvgIpc) is 3.05. The molecule has 1 N–H and O–H groups in total. The molecule has 2 amide bonds. The van der Waals surface area contributed by atoms with Crippen LogP contribution >= 0.6 is 23.1 Å². The molecule has 1 aliphatic rings. The van der Waals surface area contributed by atoms with Gasteiger partial charge in [0.05, 0.1) is 17.1 Å². The highest BCUT2D eigenvalue weighted by atomic mass is 32.2. The molecule has 0 fully saturated rings.